The van der Waals surface area contributed by atoms with Gasteiger partial charge in [-0.3, -0.25) is 0 Å². The minimum absolute atomic E-state index is 0.190. The lowest BCUT2D eigenvalue weighted by atomic mass is 10.2. The summed E-state index contributed by atoms with van der Waals surface area (Å²) in [5, 5.41) is 0.852. The predicted molar refractivity (Wildman–Crippen MR) is 91.0 cm³/mol. The number of para-hydroxylation sites is 1. The van der Waals surface area contributed by atoms with E-state index in [4.69, 9.17) is 4.74 Å². The molecule has 0 spiro atoms. The highest BCUT2D eigenvalue weighted by atomic mass is 79.9. The molecule has 0 bridgehead atoms. The van der Waals surface area contributed by atoms with Crippen LogP contribution < -0.4 is 9.46 Å². The van der Waals surface area contributed by atoms with Crippen molar-refractivity contribution in [3.8, 4) is 5.75 Å². The van der Waals surface area contributed by atoms with Crippen molar-refractivity contribution in [3.63, 3.8) is 0 Å². The minimum Gasteiger partial charge on any atom is -0.496 e. The van der Waals surface area contributed by atoms with Crippen LogP contribution >= 0.6 is 15.9 Å². The molecule has 6 heteroatoms. The van der Waals surface area contributed by atoms with Crippen LogP contribution in [0.2, 0.25) is 0 Å². The van der Waals surface area contributed by atoms with E-state index in [2.05, 4.69) is 20.7 Å². The van der Waals surface area contributed by atoms with E-state index >= 15 is 0 Å². The van der Waals surface area contributed by atoms with Gasteiger partial charge in [0.2, 0.25) is 10.0 Å². The Morgan fingerprint density at radius 2 is 1.77 bits per heavy atom. The van der Waals surface area contributed by atoms with Gasteiger partial charge in [-0.1, -0.05) is 46.3 Å². The van der Waals surface area contributed by atoms with Crippen molar-refractivity contribution in [2.75, 3.05) is 12.4 Å². The van der Waals surface area contributed by atoms with Crippen LogP contribution in [0.4, 0.5) is 0 Å². The molecule has 0 saturated heterocycles. The average Bonchev–Trinajstić information content (AvgIpc) is 2.54. The lowest BCUT2D eigenvalue weighted by Gasteiger charge is -2.10. The van der Waals surface area contributed by atoms with Crippen LogP contribution in [-0.4, -0.2) is 20.9 Å². The highest BCUT2D eigenvalue weighted by molar-refractivity contribution is 9.09. The molecule has 22 heavy (non-hydrogen) atoms. The normalized spacial score (nSPS) is 11.4. The molecule has 0 aromatic heterocycles. The summed E-state index contributed by atoms with van der Waals surface area (Å²) in [7, 11) is -1.97. The van der Waals surface area contributed by atoms with Crippen molar-refractivity contribution >= 4 is 26.0 Å². The summed E-state index contributed by atoms with van der Waals surface area (Å²) in [4.78, 5) is 0.265. The fourth-order valence-electron chi connectivity index (χ4n) is 2.05. The lowest BCUT2D eigenvalue weighted by molar-refractivity contribution is 0.409. The SMILES string of the molecule is COc1ccccc1CNS(=O)(=O)c1ccc(CCBr)cc1. The van der Waals surface area contributed by atoms with Gasteiger partial charge in [-0.25, -0.2) is 13.1 Å². The van der Waals surface area contributed by atoms with Crippen LogP contribution in [0, 0.1) is 0 Å². The molecule has 0 aliphatic carbocycles. The highest BCUT2D eigenvalue weighted by Crippen LogP contribution is 2.18. The summed E-state index contributed by atoms with van der Waals surface area (Å²) in [6.07, 6.45) is 0.870. The molecule has 0 fully saturated rings. The maximum Gasteiger partial charge on any atom is 0.240 e. The van der Waals surface area contributed by atoms with Gasteiger partial charge in [0, 0.05) is 17.4 Å². The Morgan fingerprint density at radius 3 is 2.41 bits per heavy atom. The molecule has 0 aliphatic rings. The van der Waals surface area contributed by atoms with Gasteiger partial charge in [0.15, 0.2) is 0 Å². The monoisotopic (exact) mass is 383 g/mol. The third-order valence-corrected chi connectivity index (χ3v) is 5.08. The number of ether oxygens (including phenoxy) is 1. The van der Waals surface area contributed by atoms with Gasteiger partial charge in [0.25, 0.3) is 0 Å². The summed E-state index contributed by atoms with van der Waals surface area (Å²) in [5.41, 5.74) is 1.89. The second kappa shape index (κ2) is 7.76. The molecule has 0 radical (unpaired) electrons. The number of sulfonamides is 1. The Balaban J connectivity index is 2.10. The molecular formula is C16H18BrNO3S. The van der Waals surface area contributed by atoms with Crippen molar-refractivity contribution in [2.24, 2.45) is 0 Å². The second-order valence-corrected chi connectivity index (χ2v) is 7.28. The average molecular weight is 384 g/mol. The molecule has 0 atom stereocenters. The number of nitrogens with one attached hydrogen (secondary N) is 1. The van der Waals surface area contributed by atoms with Crippen molar-refractivity contribution < 1.29 is 13.2 Å². The Bertz CT molecular complexity index is 714. The topological polar surface area (TPSA) is 55.4 Å². The molecule has 0 unspecified atom stereocenters. The number of hydrogen-bond donors (Lipinski definition) is 1. The van der Waals surface area contributed by atoms with Crippen molar-refractivity contribution in [2.45, 2.75) is 17.9 Å². The fourth-order valence-corrected chi connectivity index (χ4v) is 3.51. The third-order valence-electron chi connectivity index (χ3n) is 3.26. The Morgan fingerprint density at radius 1 is 1.09 bits per heavy atom. The summed E-state index contributed by atoms with van der Waals surface area (Å²) >= 11 is 3.37. The van der Waals surface area contributed by atoms with Crippen LogP contribution in [0.5, 0.6) is 5.75 Å². The molecule has 0 saturated carbocycles. The largest absolute Gasteiger partial charge is 0.496 e. The van der Waals surface area contributed by atoms with Crippen molar-refractivity contribution in [1.29, 1.82) is 0 Å². The van der Waals surface area contributed by atoms with Crippen LogP contribution in [0.15, 0.2) is 53.4 Å². The van der Waals surface area contributed by atoms with E-state index in [-0.39, 0.29) is 11.4 Å². The molecule has 118 valence electrons. The van der Waals surface area contributed by atoms with Gasteiger partial charge in [-0.05, 0) is 30.2 Å². The van der Waals surface area contributed by atoms with Gasteiger partial charge in [-0.2, -0.15) is 0 Å². The van der Waals surface area contributed by atoms with Crippen LogP contribution in [0.3, 0.4) is 0 Å². The number of halogens is 1. The van der Waals surface area contributed by atoms with E-state index in [9.17, 15) is 8.42 Å². The first kappa shape index (κ1) is 17.0. The number of aryl methyl sites for hydroxylation is 1. The second-order valence-electron chi connectivity index (χ2n) is 4.72. The first-order chi connectivity index (χ1) is 10.6. The summed E-state index contributed by atoms with van der Waals surface area (Å²) in [5.74, 6) is 0.665. The fraction of sp³-hybridized carbons (Fsp3) is 0.250. The van der Waals surface area contributed by atoms with E-state index in [1.807, 2.05) is 30.3 Å². The molecule has 2 aromatic rings. The zero-order valence-electron chi connectivity index (χ0n) is 12.3. The number of hydrogen-bond acceptors (Lipinski definition) is 3. The first-order valence-electron chi connectivity index (χ1n) is 6.83. The van der Waals surface area contributed by atoms with E-state index in [1.165, 1.54) is 0 Å². The van der Waals surface area contributed by atoms with Gasteiger partial charge in [0.05, 0.1) is 12.0 Å². The van der Waals surface area contributed by atoms with E-state index in [0.717, 1.165) is 22.9 Å². The van der Waals surface area contributed by atoms with Gasteiger partial charge in [-0.15, -0.1) is 0 Å². The maximum absolute atomic E-state index is 12.3. The van der Waals surface area contributed by atoms with E-state index in [0.29, 0.717) is 5.75 Å². The van der Waals surface area contributed by atoms with E-state index < -0.39 is 10.0 Å². The Hall–Kier alpha value is -1.37. The molecular weight excluding hydrogens is 366 g/mol. The summed E-state index contributed by atoms with van der Waals surface area (Å²) < 4.78 is 32.4. The number of benzene rings is 2. The van der Waals surface area contributed by atoms with Gasteiger partial charge < -0.3 is 4.74 Å². The summed E-state index contributed by atoms with van der Waals surface area (Å²) in [6.45, 7) is 0.190. The van der Waals surface area contributed by atoms with Crippen molar-refractivity contribution in [1.82, 2.24) is 4.72 Å². The van der Waals surface area contributed by atoms with Crippen LogP contribution in [-0.2, 0) is 23.0 Å². The summed E-state index contributed by atoms with van der Waals surface area (Å²) in [6, 6.07) is 14.3. The highest BCUT2D eigenvalue weighted by Gasteiger charge is 2.14. The molecule has 0 heterocycles. The van der Waals surface area contributed by atoms with Crippen LogP contribution in [0.25, 0.3) is 0 Å². The number of alkyl halides is 1. The zero-order chi connectivity index (χ0) is 16.0. The quantitative estimate of drug-likeness (QED) is 0.747. The van der Waals surface area contributed by atoms with Crippen LogP contribution in [0.1, 0.15) is 11.1 Å². The zero-order valence-corrected chi connectivity index (χ0v) is 14.7. The van der Waals surface area contributed by atoms with E-state index in [1.54, 1.807) is 25.3 Å². The number of rotatable bonds is 7. The predicted octanol–water partition coefficient (Wildman–Crippen LogP) is 3.11. The minimum atomic E-state index is -3.53. The van der Waals surface area contributed by atoms with Gasteiger partial charge in [0.1, 0.15) is 5.75 Å². The van der Waals surface area contributed by atoms with Crippen molar-refractivity contribution in [3.05, 3.63) is 59.7 Å². The molecule has 4 nitrogen and oxygen atoms in total. The molecule has 2 aromatic carbocycles. The van der Waals surface area contributed by atoms with Gasteiger partial charge >= 0.3 is 0 Å². The Kier molecular flexibility index (Phi) is 5.99. The number of methoxy groups -OCH3 is 1. The maximum atomic E-state index is 12.3. The first-order valence-corrected chi connectivity index (χ1v) is 9.44. The molecule has 0 aliphatic heterocycles. The molecule has 1 N–H and O–H groups in total. The molecule has 2 rings (SSSR count). The Labute approximate surface area is 139 Å². The standard InChI is InChI=1S/C16H18BrNO3S/c1-21-16-5-3-2-4-14(16)12-18-22(19,20)15-8-6-13(7-9-15)10-11-17/h2-9,18H,10-12H2,1H3. The third kappa shape index (κ3) is 4.32. The smallest absolute Gasteiger partial charge is 0.240 e. The lowest BCUT2D eigenvalue weighted by Crippen LogP contribution is -2.23. The molecule has 0 amide bonds.